The normalized spacial score (nSPS) is 37.5. The number of aromatic nitrogens is 4. The van der Waals surface area contributed by atoms with Crippen LogP contribution < -0.4 is 0 Å². The summed E-state index contributed by atoms with van der Waals surface area (Å²) < 4.78 is 29.9. The van der Waals surface area contributed by atoms with Gasteiger partial charge in [-0.15, -0.1) is 10.2 Å². The molecule has 5 rings (SSSR count). The molecule has 2 unspecified atom stereocenters. The molecule has 2 bridgehead atoms. The molecule has 4 aliphatic rings. The summed E-state index contributed by atoms with van der Waals surface area (Å²) in [5.74, 6) is -7.94. The van der Waals surface area contributed by atoms with E-state index in [1.165, 1.54) is 18.3 Å². The lowest BCUT2D eigenvalue weighted by molar-refractivity contribution is -0.265. The maximum Gasteiger partial charge on any atom is 0.329 e. The molecule has 1 aromatic heterocycles. The Hall–Kier alpha value is -4.26. The molecule has 17 nitrogen and oxygen atoms in total. The van der Waals surface area contributed by atoms with E-state index in [4.69, 9.17) is 23.7 Å². The van der Waals surface area contributed by atoms with Crippen LogP contribution in [0.25, 0.3) is 0 Å². The third kappa shape index (κ3) is 14.2. The minimum atomic E-state index is -2.43. The summed E-state index contributed by atoms with van der Waals surface area (Å²) in [7, 11) is 4.61. The molecule has 0 spiro atoms. The summed E-state index contributed by atoms with van der Waals surface area (Å²) in [5.41, 5.74) is 1.27. The zero-order chi connectivity index (χ0) is 50.6. The first-order valence-corrected chi connectivity index (χ1v) is 25.0. The van der Waals surface area contributed by atoms with Gasteiger partial charge in [0.15, 0.2) is 12.1 Å². The zero-order valence-electron chi connectivity index (χ0n) is 42.5. The molecule has 4 heterocycles. The molecule has 0 aromatic carbocycles. The van der Waals surface area contributed by atoms with Gasteiger partial charge in [0.1, 0.15) is 30.1 Å². The van der Waals surface area contributed by atoms with E-state index in [1.54, 1.807) is 45.9 Å². The van der Waals surface area contributed by atoms with Crippen LogP contribution in [0.2, 0.25) is 0 Å². The standard InChI is InChI=1S/C52H79N5O12/c1-31-16-12-11-13-17-32(2)43(65-8)28-39-21-19-37(7)52(64,69-39)49(61)50(62)56-23-15-14-18-41(56)51(63)68-44(34(4)26-38-20-22-40(45(27-38)66-9)57-54-30-53-55-57)29-42(58)33(3)25-36(6)47(60)48(67-10)46(59)35(5)24-31/h11-13,16-17,25,30-31,33-35,37-41,43-45,47-48,60,64H,14-15,18-24,26-29H2,1-10H3/b13-11?,16-12+,32-17?,36-25+/t31?,33-,34-,35+,37-,38+,39+,40+,41+,43+,44+,45-,47-,48+,52?/m1/s1. The van der Waals surface area contributed by atoms with Crippen LogP contribution in [-0.2, 0) is 47.7 Å². The molecule has 384 valence electrons. The van der Waals surface area contributed by atoms with Crippen LogP contribution in [-0.4, -0.2) is 141 Å². The van der Waals surface area contributed by atoms with Gasteiger partial charge in [-0.25, -0.2) is 4.79 Å². The number of aliphatic hydroxyl groups is 2. The fourth-order valence-corrected chi connectivity index (χ4v) is 10.7. The van der Waals surface area contributed by atoms with Gasteiger partial charge in [0.05, 0.1) is 24.4 Å². The van der Waals surface area contributed by atoms with Crippen molar-refractivity contribution in [2.24, 2.45) is 35.5 Å². The number of carbonyl (C=O) groups is 5. The number of carbonyl (C=O) groups excluding carboxylic acids is 5. The first kappa shape index (κ1) is 55.7. The fraction of sp³-hybridized carbons (Fsp3) is 0.731. The second kappa shape index (κ2) is 25.7. The average Bonchev–Trinajstić information content (AvgIpc) is 3.88. The number of aliphatic hydroxyl groups excluding tert-OH is 1. The van der Waals surface area contributed by atoms with E-state index < -0.39 is 77.8 Å². The molecule has 15 atom stereocenters. The zero-order valence-corrected chi connectivity index (χ0v) is 42.5. The second-order valence-electron chi connectivity index (χ2n) is 20.3. The van der Waals surface area contributed by atoms with Crippen LogP contribution >= 0.6 is 0 Å². The molecule has 3 fully saturated rings. The van der Waals surface area contributed by atoms with Gasteiger partial charge in [-0.2, -0.15) is 4.80 Å². The van der Waals surface area contributed by atoms with Gasteiger partial charge in [-0.05, 0) is 112 Å². The van der Waals surface area contributed by atoms with Crippen molar-refractivity contribution in [2.45, 2.75) is 180 Å². The molecule has 1 aliphatic carbocycles. The lowest BCUT2D eigenvalue weighted by atomic mass is 9.77. The predicted octanol–water partition coefficient (Wildman–Crippen LogP) is 6.05. The molecule has 1 amide bonds. The molecule has 0 radical (unpaired) electrons. The quantitative estimate of drug-likeness (QED) is 0.181. The smallest absolute Gasteiger partial charge is 0.329 e. The predicted molar refractivity (Wildman–Crippen MR) is 256 cm³/mol. The average molecular weight is 966 g/mol. The van der Waals surface area contributed by atoms with Crippen LogP contribution in [0, 0.1) is 35.5 Å². The Labute approximate surface area is 408 Å². The van der Waals surface area contributed by atoms with Gasteiger partial charge in [0.25, 0.3) is 11.7 Å². The van der Waals surface area contributed by atoms with Crippen molar-refractivity contribution in [1.82, 2.24) is 25.1 Å². The Balaban J connectivity index is 1.46. The highest BCUT2D eigenvalue weighted by Gasteiger charge is 2.53. The van der Waals surface area contributed by atoms with E-state index in [0.29, 0.717) is 56.9 Å². The molecule has 3 aliphatic heterocycles. The van der Waals surface area contributed by atoms with Gasteiger partial charge in [-0.3, -0.25) is 19.2 Å². The maximum absolute atomic E-state index is 14.5. The van der Waals surface area contributed by atoms with Crippen molar-refractivity contribution in [3.63, 3.8) is 0 Å². The van der Waals surface area contributed by atoms with Gasteiger partial charge in [0, 0.05) is 58.5 Å². The van der Waals surface area contributed by atoms with Crippen LogP contribution in [0.1, 0.15) is 132 Å². The summed E-state index contributed by atoms with van der Waals surface area (Å²) in [6, 6.07) is -1.24. The number of ether oxygens (including phenoxy) is 5. The molecular formula is C52H79N5O12. The molecule has 2 N–H and O–H groups in total. The van der Waals surface area contributed by atoms with Crippen LogP contribution in [0.5, 0.6) is 0 Å². The number of hydrogen-bond donors (Lipinski definition) is 2. The van der Waals surface area contributed by atoms with Crippen molar-refractivity contribution in [3.05, 3.63) is 53.9 Å². The number of fused-ring (bicyclic) bond motifs is 3. The summed E-state index contributed by atoms with van der Waals surface area (Å²) >= 11 is 0. The first-order chi connectivity index (χ1) is 32.8. The maximum atomic E-state index is 14.5. The largest absolute Gasteiger partial charge is 0.460 e. The lowest BCUT2D eigenvalue weighted by Gasteiger charge is -2.42. The Morgan fingerprint density at radius 1 is 0.884 bits per heavy atom. The van der Waals surface area contributed by atoms with Gasteiger partial charge in [0.2, 0.25) is 5.79 Å². The highest BCUT2D eigenvalue weighted by atomic mass is 16.6. The van der Waals surface area contributed by atoms with E-state index >= 15 is 0 Å². The molecule has 1 aromatic rings. The van der Waals surface area contributed by atoms with Crippen molar-refractivity contribution in [2.75, 3.05) is 27.9 Å². The number of Topliss-reactive ketones (excluding diaryl/α,β-unsaturated/α-hetero) is 3. The second-order valence-corrected chi connectivity index (χ2v) is 20.3. The number of hydrogen-bond acceptors (Lipinski definition) is 15. The monoisotopic (exact) mass is 966 g/mol. The highest BCUT2D eigenvalue weighted by Crippen LogP contribution is 2.39. The van der Waals surface area contributed by atoms with Gasteiger partial charge in [-0.1, -0.05) is 71.1 Å². The SMILES string of the molecule is CO[C@H]1C[C@@H]2CC[C@@H](C)C(O)(O2)C(=O)C(=O)N2CCCC[C@H]2C(=O)O[C@H]([C@H](C)C[C@@H]2CC[C@H](n3ncnn3)[C@H](OC)C2)CC(=O)[C@H](C)/C=C(\C)[C@@H](O)[C@@H](OC)C(=O)[C@@H](C)CC(C)/C=C/C=CC=C1C. The van der Waals surface area contributed by atoms with Crippen LogP contribution in [0.3, 0.4) is 0 Å². The van der Waals surface area contributed by atoms with E-state index in [9.17, 15) is 34.2 Å². The number of allylic oxidation sites excluding steroid dienone is 6. The Kier molecular flexibility index (Phi) is 20.8. The minimum absolute atomic E-state index is 0.0168. The van der Waals surface area contributed by atoms with Crippen LogP contribution in [0.4, 0.5) is 0 Å². The number of tetrazole rings is 1. The summed E-state index contributed by atoms with van der Waals surface area (Å²) in [6.45, 7) is 12.8. The molecule has 69 heavy (non-hydrogen) atoms. The third-order valence-corrected chi connectivity index (χ3v) is 15.1. The van der Waals surface area contributed by atoms with Gasteiger partial charge < -0.3 is 38.8 Å². The molecule has 17 heteroatoms. The number of esters is 1. The van der Waals surface area contributed by atoms with E-state index in [1.807, 2.05) is 58.1 Å². The van der Waals surface area contributed by atoms with Crippen molar-refractivity contribution in [3.8, 4) is 0 Å². The minimum Gasteiger partial charge on any atom is -0.460 e. The highest BCUT2D eigenvalue weighted by molar-refractivity contribution is 6.39. The number of piperidine rings is 1. The number of rotatable bonds is 7. The van der Waals surface area contributed by atoms with Crippen molar-refractivity contribution < 1.29 is 57.9 Å². The number of ketones is 3. The summed E-state index contributed by atoms with van der Waals surface area (Å²) in [6.07, 6.45) is 13.7. The Bertz CT molecular complexity index is 2020. The van der Waals surface area contributed by atoms with E-state index in [-0.39, 0.29) is 60.9 Å². The van der Waals surface area contributed by atoms with Crippen molar-refractivity contribution >= 4 is 29.2 Å². The molecular weight excluding hydrogens is 887 g/mol. The Morgan fingerprint density at radius 2 is 1.64 bits per heavy atom. The summed E-state index contributed by atoms with van der Waals surface area (Å²) in [5, 5.41) is 35.7. The van der Waals surface area contributed by atoms with Crippen molar-refractivity contribution in [1.29, 1.82) is 0 Å². The number of cyclic esters (lactones) is 1. The number of methoxy groups -OCH3 is 3. The third-order valence-electron chi connectivity index (χ3n) is 15.1. The lowest BCUT2D eigenvalue weighted by Crippen LogP contribution is -2.61. The topological polar surface area (TPSA) is 219 Å². The van der Waals surface area contributed by atoms with E-state index in [0.717, 1.165) is 18.4 Å². The fourth-order valence-electron chi connectivity index (χ4n) is 10.7. The Morgan fingerprint density at radius 3 is 2.32 bits per heavy atom. The first-order valence-electron chi connectivity index (χ1n) is 25.0. The molecule has 2 saturated heterocycles. The summed E-state index contributed by atoms with van der Waals surface area (Å²) in [4.78, 5) is 73.9. The number of amides is 1. The number of nitrogens with zero attached hydrogens (tertiary/aromatic N) is 5. The van der Waals surface area contributed by atoms with Crippen LogP contribution in [0.15, 0.2) is 53.9 Å². The van der Waals surface area contributed by atoms with E-state index in [2.05, 4.69) is 15.4 Å². The van der Waals surface area contributed by atoms with Gasteiger partial charge >= 0.3 is 5.97 Å². The molecule has 1 saturated carbocycles.